The Kier molecular flexibility index (Phi) is 2.13. The van der Waals surface area contributed by atoms with Crippen molar-refractivity contribution in [3.05, 3.63) is 46.5 Å². The molecule has 1 atom stereocenters. The molecular weight excluding hydrogens is 180 g/mol. The first kappa shape index (κ1) is 8.66. The molecule has 1 saturated heterocycles. The standard InChI is InChI=1S/C10H9N2O2/c11-7-9-6-10(14-12(9)13)8-4-2-1-3-5-8/h1-5,10-11H,6H2/q+1. The average molecular weight is 189 g/mol. The highest BCUT2D eigenvalue weighted by atomic mass is 16.8. The third-order valence-corrected chi connectivity index (χ3v) is 2.14. The second-order valence-corrected chi connectivity index (χ2v) is 3.04. The Morgan fingerprint density at radius 3 is 2.71 bits per heavy atom. The number of hydrogen-bond acceptors (Lipinski definition) is 3. The summed E-state index contributed by atoms with van der Waals surface area (Å²) < 4.78 is 0. The zero-order valence-electron chi connectivity index (χ0n) is 7.43. The summed E-state index contributed by atoms with van der Waals surface area (Å²) in [5.41, 5.74) is 1.18. The van der Waals surface area contributed by atoms with Gasteiger partial charge in [0.1, 0.15) is 6.42 Å². The van der Waals surface area contributed by atoms with Gasteiger partial charge in [-0.25, -0.2) is 4.84 Å². The van der Waals surface area contributed by atoms with Crippen LogP contribution < -0.4 is 0 Å². The van der Waals surface area contributed by atoms with Gasteiger partial charge in [-0.05, 0) is 0 Å². The average Bonchev–Trinajstić information content (AvgIpc) is 2.61. The summed E-state index contributed by atoms with van der Waals surface area (Å²) in [6.07, 6.45) is 0.137. The Morgan fingerprint density at radius 1 is 1.43 bits per heavy atom. The van der Waals surface area contributed by atoms with Crippen LogP contribution in [0.2, 0.25) is 0 Å². The first-order chi connectivity index (χ1) is 6.81. The molecule has 0 radical (unpaired) electrons. The molecule has 0 amide bonds. The number of benzene rings is 1. The van der Waals surface area contributed by atoms with Gasteiger partial charge in [0.15, 0.2) is 0 Å². The van der Waals surface area contributed by atoms with Crippen molar-refractivity contribution in [1.82, 2.24) is 0 Å². The highest BCUT2D eigenvalue weighted by molar-refractivity contribution is 5.51. The number of rotatable bonds is 1. The molecule has 0 saturated carbocycles. The number of nitrogens with zero attached hydrogens (tertiary/aromatic N) is 1. The van der Waals surface area contributed by atoms with Crippen molar-refractivity contribution in [3.63, 3.8) is 0 Å². The molecule has 14 heavy (non-hydrogen) atoms. The first-order valence-corrected chi connectivity index (χ1v) is 4.29. The minimum atomic E-state index is -0.276. The van der Waals surface area contributed by atoms with Crippen LogP contribution in [-0.2, 0) is 4.84 Å². The SMILES string of the molecule is N=C=C1CC(c2ccccc2)O[N+]1=O. The highest BCUT2D eigenvalue weighted by Gasteiger charge is 2.39. The van der Waals surface area contributed by atoms with Crippen molar-refractivity contribution in [2.75, 3.05) is 0 Å². The monoisotopic (exact) mass is 189 g/mol. The first-order valence-electron chi connectivity index (χ1n) is 4.29. The van der Waals surface area contributed by atoms with E-state index in [1.54, 1.807) is 0 Å². The normalized spacial score (nSPS) is 20.4. The van der Waals surface area contributed by atoms with Crippen LogP contribution in [-0.4, -0.2) is 10.8 Å². The van der Waals surface area contributed by atoms with E-state index in [0.717, 1.165) is 5.56 Å². The Hall–Kier alpha value is -1.93. The molecule has 4 heteroatoms. The fourth-order valence-electron chi connectivity index (χ4n) is 1.41. The Balaban J connectivity index is 2.25. The summed E-state index contributed by atoms with van der Waals surface area (Å²) in [6.45, 7) is 0. The van der Waals surface area contributed by atoms with Crippen molar-refractivity contribution in [2.45, 2.75) is 12.5 Å². The molecule has 0 bridgehead atoms. The summed E-state index contributed by atoms with van der Waals surface area (Å²) in [7, 11) is 0. The van der Waals surface area contributed by atoms with Crippen molar-refractivity contribution >= 4 is 5.87 Å². The molecule has 0 spiro atoms. The summed E-state index contributed by atoms with van der Waals surface area (Å²) in [5, 5.41) is 6.87. The van der Waals surface area contributed by atoms with Crippen LogP contribution >= 0.6 is 0 Å². The molecule has 2 rings (SSSR count). The lowest BCUT2D eigenvalue weighted by atomic mass is 10.1. The summed E-state index contributed by atoms with van der Waals surface area (Å²) in [5.74, 6) is 2.07. The van der Waals surface area contributed by atoms with Gasteiger partial charge in [0, 0.05) is 5.56 Å². The van der Waals surface area contributed by atoms with E-state index in [9.17, 15) is 4.91 Å². The zero-order chi connectivity index (χ0) is 9.97. The Labute approximate surface area is 80.9 Å². The van der Waals surface area contributed by atoms with Crippen LogP contribution in [0.5, 0.6) is 0 Å². The quantitative estimate of drug-likeness (QED) is 0.686. The molecule has 1 N–H and O–H groups in total. The molecule has 4 nitrogen and oxygen atoms in total. The van der Waals surface area contributed by atoms with E-state index < -0.39 is 0 Å². The van der Waals surface area contributed by atoms with Crippen molar-refractivity contribution < 1.29 is 9.76 Å². The maximum atomic E-state index is 11.1. The predicted molar refractivity (Wildman–Crippen MR) is 49.8 cm³/mol. The maximum absolute atomic E-state index is 11.1. The summed E-state index contributed by atoms with van der Waals surface area (Å²) in [6, 6.07) is 9.47. The van der Waals surface area contributed by atoms with Crippen molar-refractivity contribution in [1.29, 1.82) is 5.41 Å². The van der Waals surface area contributed by atoms with Crippen molar-refractivity contribution in [3.8, 4) is 0 Å². The van der Waals surface area contributed by atoms with E-state index in [1.807, 2.05) is 30.3 Å². The molecule has 1 unspecified atom stereocenters. The van der Waals surface area contributed by atoms with Crippen LogP contribution in [0.3, 0.4) is 0 Å². The van der Waals surface area contributed by atoms with Crippen LogP contribution in [0.15, 0.2) is 36.0 Å². The molecule has 1 aromatic rings. The van der Waals surface area contributed by atoms with Gasteiger partial charge in [-0.2, -0.15) is 0 Å². The molecule has 1 heterocycles. The Morgan fingerprint density at radius 2 is 2.14 bits per heavy atom. The van der Waals surface area contributed by atoms with Gasteiger partial charge in [-0.3, -0.25) is 5.41 Å². The van der Waals surface area contributed by atoms with Crippen molar-refractivity contribution in [2.24, 2.45) is 0 Å². The zero-order valence-corrected chi connectivity index (χ0v) is 7.43. The van der Waals surface area contributed by atoms with Gasteiger partial charge in [0.25, 0.3) is 4.92 Å². The van der Waals surface area contributed by atoms with Gasteiger partial charge >= 0.3 is 5.70 Å². The van der Waals surface area contributed by atoms with E-state index >= 15 is 0 Å². The largest absolute Gasteiger partial charge is 0.357 e. The van der Waals surface area contributed by atoms with Gasteiger partial charge in [0.05, 0.1) is 10.8 Å². The van der Waals surface area contributed by atoms with Crippen LogP contribution in [0, 0.1) is 10.3 Å². The predicted octanol–water partition coefficient (Wildman–Crippen LogP) is 1.97. The summed E-state index contributed by atoms with van der Waals surface area (Å²) in [4.78, 5) is 16.4. The maximum Gasteiger partial charge on any atom is 0.357 e. The lowest BCUT2D eigenvalue weighted by Crippen LogP contribution is -1.99. The van der Waals surface area contributed by atoms with Gasteiger partial charge < -0.3 is 0 Å². The van der Waals surface area contributed by atoms with E-state index in [4.69, 9.17) is 10.2 Å². The van der Waals surface area contributed by atoms with Gasteiger partial charge in [-0.1, -0.05) is 30.3 Å². The van der Waals surface area contributed by atoms with E-state index in [1.165, 1.54) is 0 Å². The van der Waals surface area contributed by atoms with E-state index in [0.29, 0.717) is 11.3 Å². The van der Waals surface area contributed by atoms with Crippen LogP contribution in [0.1, 0.15) is 18.1 Å². The third kappa shape index (κ3) is 1.43. The minimum Gasteiger partial charge on any atom is -0.253 e. The second-order valence-electron chi connectivity index (χ2n) is 3.04. The Bertz CT molecular complexity index is 407. The highest BCUT2D eigenvalue weighted by Crippen LogP contribution is 2.30. The van der Waals surface area contributed by atoms with Crippen LogP contribution in [0.25, 0.3) is 0 Å². The molecule has 0 aromatic heterocycles. The van der Waals surface area contributed by atoms with Crippen LogP contribution in [0.4, 0.5) is 0 Å². The molecule has 1 aliphatic rings. The third-order valence-electron chi connectivity index (χ3n) is 2.14. The van der Waals surface area contributed by atoms with E-state index in [-0.39, 0.29) is 11.8 Å². The van der Waals surface area contributed by atoms with Gasteiger partial charge in [-0.15, -0.1) is 0 Å². The summed E-state index contributed by atoms with van der Waals surface area (Å²) >= 11 is 0. The molecule has 1 aliphatic heterocycles. The van der Waals surface area contributed by atoms with E-state index in [2.05, 4.69) is 5.87 Å². The smallest absolute Gasteiger partial charge is 0.253 e. The lowest BCUT2D eigenvalue weighted by Gasteiger charge is -2.00. The molecular formula is C10H9N2O2+. The second kappa shape index (κ2) is 3.44. The molecule has 1 aromatic carbocycles. The molecule has 0 aliphatic carbocycles. The topological polar surface area (TPSA) is 53.2 Å². The van der Waals surface area contributed by atoms with Gasteiger partial charge in [0.2, 0.25) is 6.10 Å². The molecule has 1 fully saturated rings. The lowest BCUT2D eigenvalue weighted by molar-refractivity contribution is -0.758. The molecule has 70 valence electrons. The number of hydrogen-bond donors (Lipinski definition) is 1. The fraction of sp³-hybridized carbons (Fsp3) is 0.200. The minimum absolute atomic E-state index is 0.235. The number of nitrogens with one attached hydrogen (secondary N) is 1. The fourth-order valence-corrected chi connectivity index (χ4v) is 1.41.